The van der Waals surface area contributed by atoms with Gasteiger partial charge < -0.3 is 30.3 Å². The predicted octanol–water partition coefficient (Wildman–Crippen LogP) is 4.88. The Kier molecular flexibility index (Phi) is 7.98. The lowest BCUT2D eigenvalue weighted by atomic mass is 9.95. The molecule has 2 saturated heterocycles. The van der Waals surface area contributed by atoms with Crippen LogP contribution >= 0.6 is 0 Å². The number of H-pyrrole nitrogens is 1. The number of benzene rings is 2. The summed E-state index contributed by atoms with van der Waals surface area (Å²) in [4.78, 5) is 45.7. The third kappa shape index (κ3) is 6.23. The third-order valence-corrected chi connectivity index (χ3v) is 8.33. The number of aromatic amines is 1. The van der Waals surface area contributed by atoms with E-state index in [1.807, 2.05) is 37.8 Å². The summed E-state index contributed by atoms with van der Waals surface area (Å²) in [5.74, 6) is 0.294. The Labute approximate surface area is 256 Å². The third-order valence-electron chi connectivity index (χ3n) is 8.33. The van der Waals surface area contributed by atoms with Crippen LogP contribution in [0.15, 0.2) is 54.7 Å². The molecule has 44 heavy (non-hydrogen) atoms. The molecule has 1 amide bonds. The quantitative estimate of drug-likeness (QED) is 0.258. The molecule has 2 aliphatic heterocycles. The second kappa shape index (κ2) is 11.9. The zero-order chi connectivity index (χ0) is 31.0. The minimum absolute atomic E-state index is 0.0567. The number of rotatable bonds is 7. The van der Waals surface area contributed by atoms with E-state index in [0.717, 1.165) is 38.3 Å². The Morgan fingerprint density at radius 3 is 2.34 bits per heavy atom. The van der Waals surface area contributed by atoms with Gasteiger partial charge >= 0.3 is 0 Å². The molecule has 4 aromatic rings. The number of halogens is 1. The van der Waals surface area contributed by atoms with Crippen LogP contribution < -0.4 is 15.5 Å². The zero-order valence-corrected chi connectivity index (χ0v) is 25.7. The number of carbonyl (C=O) groups excluding carboxylic acids is 2. The molecule has 10 nitrogen and oxygen atoms in total. The number of aromatic nitrogens is 3. The molecule has 0 saturated carbocycles. The van der Waals surface area contributed by atoms with Crippen LogP contribution in [0.2, 0.25) is 0 Å². The summed E-state index contributed by atoms with van der Waals surface area (Å²) >= 11 is 0. The number of ketones is 1. The molecule has 3 N–H and O–H groups in total. The second-order valence-corrected chi connectivity index (χ2v) is 12.8. The molecule has 0 unspecified atom stereocenters. The standard InChI is InChI=1S/C33H39FN8O2/c1-33(2,3)31(44)42-14-13-24(20-42)36-30-27-26(28(43)21-5-7-22(34)8-6-21)19-35-29(27)38-32(39-30)37-23-9-11-25(12-10-23)41-17-15-40(4)16-18-41/h5-12,19,24H,13-18,20H2,1-4H3,(H3,35,36,37,38,39)/t24-/m0/s1. The largest absolute Gasteiger partial charge is 0.369 e. The summed E-state index contributed by atoms with van der Waals surface area (Å²) in [5.41, 5.74) is 2.78. The number of anilines is 4. The fraction of sp³-hybridized carbons (Fsp3) is 0.394. The fourth-order valence-corrected chi connectivity index (χ4v) is 5.81. The molecular formula is C33H39FN8O2. The average molecular weight is 599 g/mol. The van der Waals surface area contributed by atoms with Gasteiger partial charge in [-0.05, 0) is 62.0 Å². The van der Waals surface area contributed by atoms with E-state index in [1.165, 1.54) is 30.0 Å². The van der Waals surface area contributed by atoms with Crippen LogP contribution in [-0.4, -0.2) is 88.8 Å². The molecule has 0 bridgehead atoms. The first-order valence-corrected chi connectivity index (χ1v) is 15.1. The number of carbonyl (C=O) groups is 2. The van der Waals surface area contributed by atoms with Crippen molar-refractivity contribution in [1.29, 1.82) is 0 Å². The van der Waals surface area contributed by atoms with Gasteiger partial charge in [0.2, 0.25) is 11.9 Å². The molecule has 2 aliphatic rings. The van der Waals surface area contributed by atoms with Crippen LogP contribution in [0.5, 0.6) is 0 Å². The van der Waals surface area contributed by atoms with Gasteiger partial charge in [0.05, 0.1) is 10.9 Å². The summed E-state index contributed by atoms with van der Waals surface area (Å²) in [6.07, 6.45) is 2.37. The highest BCUT2D eigenvalue weighted by atomic mass is 19.1. The molecule has 2 aromatic heterocycles. The van der Waals surface area contributed by atoms with Gasteiger partial charge in [-0.3, -0.25) is 9.59 Å². The van der Waals surface area contributed by atoms with Gasteiger partial charge in [0.1, 0.15) is 17.3 Å². The van der Waals surface area contributed by atoms with E-state index >= 15 is 0 Å². The highest BCUT2D eigenvalue weighted by Crippen LogP contribution is 2.31. The van der Waals surface area contributed by atoms with Gasteiger partial charge in [-0.15, -0.1) is 0 Å². The molecule has 2 aromatic carbocycles. The maximum absolute atomic E-state index is 13.6. The number of hydrogen-bond donors (Lipinski definition) is 3. The maximum atomic E-state index is 13.6. The first kappa shape index (κ1) is 29.6. The van der Waals surface area contributed by atoms with Crippen LogP contribution in [-0.2, 0) is 4.79 Å². The Morgan fingerprint density at radius 2 is 1.66 bits per heavy atom. The van der Waals surface area contributed by atoms with Crippen molar-refractivity contribution in [2.75, 3.05) is 61.8 Å². The smallest absolute Gasteiger partial charge is 0.231 e. The van der Waals surface area contributed by atoms with E-state index in [4.69, 9.17) is 9.97 Å². The van der Waals surface area contributed by atoms with Crippen molar-refractivity contribution >= 4 is 45.9 Å². The normalized spacial score (nSPS) is 17.7. The minimum Gasteiger partial charge on any atom is -0.369 e. The Balaban J connectivity index is 1.29. The Morgan fingerprint density at radius 1 is 0.955 bits per heavy atom. The number of fused-ring (bicyclic) bond motifs is 1. The number of likely N-dealkylation sites (tertiary alicyclic amines) is 1. The van der Waals surface area contributed by atoms with E-state index in [0.29, 0.717) is 47.0 Å². The van der Waals surface area contributed by atoms with E-state index < -0.39 is 11.2 Å². The average Bonchev–Trinajstić information content (AvgIpc) is 3.65. The molecule has 6 rings (SSSR count). The van der Waals surface area contributed by atoms with Gasteiger partial charge in [-0.1, -0.05) is 20.8 Å². The lowest BCUT2D eigenvalue weighted by Gasteiger charge is -2.34. The minimum atomic E-state index is -0.469. The summed E-state index contributed by atoms with van der Waals surface area (Å²) < 4.78 is 13.6. The fourth-order valence-electron chi connectivity index (χ4n) is 5.81. The summed E-state index contributed by atoms with van der Waals surface area (Å²) in [7, 11) is 2.14. The Hall–Kier alpha value is -4.51. The number of likely N-dealkylation sites (N-methyl/N-ethyl adjacent to an activating group) is 1. The van der Waals surface area contributed by atoms with Crippen LogP contribution in [0.25, 0.3) is 11.0 Å². The monoisotopic (exact) mass is 598 g/mol. The van der Waals surface area contributed by atoms with Gasteiger partial charge in [0, 0.05) is 73.9 Å². The van der Waals surface area contributed by atoms with Crippen molar-refractivity contribution in [3.05, 3.63) is 71.7 Å². The first-order chi connectivity index (χ1) is 21.0. The van der Waals surface area contributed by atoms with Gasteiger partial charge in [-0.2, -0.15) is 9.97 Å². The number of hydrogen-bond acceptors (Lipinski definition) is 8. The van der Waals surface area contributed by atoms with Crippen molar-refractivity contribution in [2.45, 2.75) is 33.2 Å². The summed E-state index contributed by atoms with van der Waals surface area (Å²) in [6.45, 7) is 11.0. The predicted molar refractivity (Wildman–Crippen MR) is 171 cm³/mol. The molecular weight excluding hydrogens is 559 g/mol. The number of amides is 1. The van der Waals surface area contributed by atoms with Crippen LogP contribution in [0.4, 0.5) is 27.5 Å². The lowest BCUT2D eigenvalue weighted by Crippen LogP contribution is -2.44. The SMILES string of the molecule is CN1CCN(c2ccc(Nc3nc(N[C@H]4CCN(C(=O)C(C)(C)C)C4)c4c(C(=O)c5ccc(F)cc5)c[nH]c4n3)cc2)CC1. The van der Waals surface area contributed by atoms with E-state index in [9.17, 15) is 14.0 Å². The Bertz CT molecular complexity index is 1650. The first-order valence-electron chi connectivity index (χ1n) is 15.1. The highest BCUT2D eigenvalue weighted by molar-refractivity contribution is 6.18. The molecule has 11 heteroatoms. The van der Waals surface area contributed by atoms with Gasteiger partial charge in [0.15, 0.2) is 5.78 Å². The highest BCUT2D eigenvalue weighted by Gasteiger charge is 2.33. The zero-order valence-electron chi connectivity index (χ0n) is 25.7. The number of nitrogens with one attached hydrogen (secondary N) is 3. The van der Waals surface area contributed by atoms with Crippen LogP contribution in [0, 0.1) is 11.2 Å². The molecule has 2 fully saturated rings. The van der Waals surface area contributed by atoms with Crippen molar-refractivity contribution in [3.8, 4) is 0 Å². The van der Waals surface area contributed by atoms with Crippen molar-refractivity contribution in [1.82, 2.24) is 24.8 Å². The summed E-state index contributed by atoms with van der Waals surface area (Å²) in [6, 6.07) is 13.6. The summed E-state index contributed by atoms with van der Waals surface area (Å²) in [5, 5.41) is 7.39. The van der Waals surface area contributed by atoms with Crippen LogP contribution in [0.3, 0.4) is 0 Å². The van der Waals surface area contributed by atoms with Crippen molar-refractivity contribution in [3.63, 3.8) is 0 Å². The second-order valence-electron chi connectivity index (χ2n) is 12.8. The molecule has 4 heterocycles. The van der Waals surface area contributed by atoms with Crippen LogP contribution in [0.1, 0.15) is 43.1 Å². The van der Waals surface area contributed by atoms with Gasteiger partial charge in [0.25, 0.3) is 0 Å². The molecule has 0 radical (unpaired) electrons. The van der Waals surface area contributed by atoms with Gasteiger partial charge in [-0.25, -0.2) is 4.39 Å². The van der Waals surface area contributed by atoms with E-state index in [-0.39, 0.29) is 17.7 Å². The molecule has 0 spiro atoms. The number of nitrogens with zero attached hydrogens (tertiary/aromatic N) is 5. The number of piperazine rings is 1. The molecule has 1 atom stereocenters. The van der Waals surface area contributed by atoms with E-state index in [2.05, 4.69) is 44.6 Å². The van der Waals surface area contributed by atoms with Crippen molar-refractivity contribution < 1.29 is 14.0 Å². The maximum Gasteiger partial charge on any atom is 0.231 e. The molecule has 0 aliphatic carbocycles. The lowest BCUT2D eigenvalue weighted by molar-refractivity contribution is -0.138. The van der Waals surface area contributed by atoms with E-state index in [1.54, 1.807) is 6.20 Å². The van der Waals surface area contributed by atoms with Crippen molar-refractivity contribution in [2.24, 2.45) is 5.41 Å². The topological polar surface area (TPSA) is 109 Å². The molecule has 230 valence electrons.